The number of hydrogen-bond acceptors (Lipinski definition) is 10. The number of aliphatic hydroxyl groups excluding tert-OH is 5. The predicted molar refractivity (Wildman–Crippen MR) is 319 cm³/mol. The lowest BCUT2D eigenvalue weighted by Crippen LogP contribution is -2.61. The van der Waals surface area contributed by atoms with Gasteiger partial charge >= 0.3 is 5.97 Å². The Kier molecular flexibility index (Phi) is 49.9. The van der Waals surface area contributed by atoms with Gasteiger partial charge in [0.05, 0.1) is 25.4 Å². The van der Waals surface area contributed by atoms with Gasteiger partial charge < -0.3 is 45.1 Å². The van der Waals surface area contributed by atoms with E-state index in [-0.39, 0.29) is 19.4 Å². The second-order valence-electron chi connectivity index (χ2n) is 21.4. The summed E-state index contributed by atoms with van der Waals surface area (Å²) in [6.07, 6.45) is 59.0. The highest BCUT2D eigenvalue weighted by atomic mass is 16.7. The maximum absolute atomic E-state index is 13.4. The fourth-order valence-corrected chi connectivity index (χ4v) is 9.37. The van der Waals surface area contributed by atoms with Crippen molar-refractivity contribution in [2.45, 2.75) is 307 Å². The van der Waals surface area contributed by atoms with Crippen LogP contribution in [0.5, 0.6) is 0 Å². The van der Waals surface area contributed by atoms with Crippen LogP contribution in [0.4, 0.5) is 0 Å². The first kappa shape index (κ1) is 71.9. The standard InChI is InChI=1S/C66H115NO10/c1-4-7-10-13-16-19-22-25-27-28-29-30-31-33-35-38-41-44-47-50-53-59(70)65(74)67-57(58(69)52-49-46-43-40-37-34-24-21-18-15-12-9-6-3)56-75-66-64(63(73)62(72)60(55-68)76-66)77-61(71)54-51-48-45-42-39-36-32-26-23-20-17-14-11-8-5-2/h7,10,16,19,25,27,29-30,33,35,41,44,49,52,57-60,62-64,66,68-70,72-73H,4-6,8-9,11-15,17-18,20-24,26,28,31-32,34,36-40,42-43,45-48,50-51,53-56H2,1-3H3,(H,67,74)/b10-7-,19-16-,27-25-,30-29-,35-33-,44-41-,52-49+. The smallest absolute Gasteiger partial charge is 0.306 e. The molecule has 0 aromatic carbocycles. The molecule has 6 N–H and O–H groups in total. The first-order valence-corrected chi connectivity index (χ1v) is 31.4. The molecule has 1 rings (SSSR count). The molecule has 77 heavy (non-hydrogen) atoms. The van der Waals surface area contributed by atoms with Crippen LogP contribution in [0, 0.1) is 0 Å². The molecule has 8 unspecified atom stereocenters. The van der Waals surface area contributed by atoms with Crippen molar-refractivity contribution in [3.63, 3.8) is 0 Å². The minimum absolute atomic E-state index is 0.118. The largest absolute Gasteiger partial charge is 0.454 e. The van der Waals surface area contributed by atoms with E-state index in [2.05, 4.69) is 92.9 Å². The molecule has 1 saturated heterocycles. The Bertz CT molecular complexity index is 1570. The number of ether oxygens (including phenoxy) is 3. The summed E-state index contributed by atoms with van der Waals surface area (Å²) in [5.41, 5.74) is 0. The summed E-state index contributed by atoms with van der Waals surface area (Å²) < 4.78 is 17.6. The zero-order valence-corrected chi connectivity index (χ0v) is 49.1. The molecule has 0 aromatic rings. The monoisotopic (exact) mass is 1080 g/mol. The minimum atomic E-state index is -1.62. The van der Waals surface area contributed by atoms with Crippen LogP contribution in [-0.2, 0) is 23.8 Å². The average molecular weight is 1080 g/mol. The van der Waals surface area contributed by atoms with Crippen molar-refractivity contribution in [3.05, 3.63) is 85.1 Å². The Balaban J connectivity index is 2.73. The third-order valence-electron chi connectivity index (χ3n) is 14.3. The van der Waals surface area contributed by atoms with E-state index >= 15 is 0 Å². The molecule has 0 bridgehead atoms. The number of nitrogens with one attached hydrogen (secondary N) is 1. The van der Waals surface area contributed by atoms with Crippen molar-refractivity contribution in [2.24, 2.45) is 0 Å². The van der Waals surface area contributed by atoms with Gasteiger partial charge in [-0.1, -0.05) is 260 Å². The van der Waals surface area contributed by atoms with E-state index in [4.69, 9.17) is 14.2 Å². The second-order valence-corrected chi connectivity index (χ2v) is 21.4. The summed E-state index contributed by atoms with van der Waals surface area (Å²) in [7, 11) is 0. The molecular weight excluding hydrogens is 967 g/mol. The van der Waals surface area contributed by atoms with Crippen LogP contribution in [0.25, 0.3) is 0 Å². The Morgan fingerprint density at radius 1 is 0.519 bits per heavy atom. The lowest BCUT2D eigenvalue weighted by atomic mass is 9.99. The van der Waals surface area contributed by atoms with Crippen molar-refractivity contribution in [1.82, 2.24) is 5.32 Å². The molecule has 8 atom stereocenters. The summed E-state index contributed by atoms with van der Waals surface area (Å²) in [6, 6.07) is -1.05. The number of rotatable bonds is 52. The van der Waals surface area contributed by atoms with E-state index in [1.54, 1.807) is 6.08 Å². The first-order chi connectivity index (χ1) is 37.7. The number of esters is 1. The maximum Gasteiger partial charge on any atom is 0.306 e. The highest BCUT2D eigenvalue weighted by Gasteiger charge is 2.47. The highest BCUT2D eigenvalue weighted by molar-refractivity contribution is 5.80. The van der Waals surface area contributed by atoms with Gasteiger partial charge in [-0.2, -0.15) is 0 Å². The molecule has 444 valence electrons. The first-order valence-electron chi connectivity index (χ1n) is 31.4. The van der Waals surface area contributed by atoms with E-state index in [9.17, 15) is 35.1 Å². The number of unbranched alkanes of at least 4 members (excludes halogenated alkanes) is 26. The molecule has 0 aromatic heterocycles. The summed E-state index contributed by atoms with van der Waals surface area (Å²) in [5.74, 6) is -1.24. The second kappa shape index (κ2) is 53.5. The van der Waals surface area contributed by atoms with Gasteiger partial charge in [-0.3, -0.25) is 9.59 Å². The molecular formula is C66H115NO10. The number of hydrogen-bond donors (Lipinski definition) is 6. The predicted octanol–water partition coefficient (Wildman–Crippen LogP) is 14.9. The van der Waals surface area contributed by atoms with Gasteiger partial charge in [-0.05, 0) is 77.0 Å². The third-order valence-corrected chi connectivity index (χ3v) is 14.3. The van der Waals surface area contributed by atoms with Crippen molar-refractivity contribution >= 4 is 11.9 Å². The lowest BCUT2D eigenvalue weighted by Gasteiger charge is -2.41. The molecule has 1 amide bonds. The van der Waals surface area contributed by atoms with E-state index in [0.29, 0.717) is 19.3 Å². The number of carbonyl (C=O) groups excluding carboxylic acids is 2. The van der Waals surface area contributed by atoms with Crippen LogP contribution < -0.4 is 5.32 Å². The Morgan fingerprint density at radius 2 is 0.935 bits per heavy atom. The molecule has 1 heterocycles. The number of amides is 1. The number of aliphatic hydroxyl groups is 5. The van der Waals surface area contributed by atoms with E-state index < -0.39 is 67.4 Å². The van der Waals surface area contributed by atoms with Gasteiger partial charge in [0, 0.05) is 6.42 Å². The van der Waals surface area contributed by atoms with E-state index in [1.165, 1.54) is 122 Å². The summed E-state index contributed by atoms with van der Waals surface area (Å²) in [5, 5.41) is 56.9. The quantitative estimate of drug-likeness (QED) is 0.0195. The Hall–Kier alpha value is -3.16. The van der Waals surface area contributed by atoms with Gasteiger partial charge in [0.2, 0.25) is 5.91 Å². The Labute approximate surface area is 470 Å². The minimum Gasteiger partial charge on any atom is -0.454 e. The number of allylic oxidation sites excluding steroid dienone is 13. The van der Waals surface area contributed by atoms with E-state index in [0.717, 1.165) is 83.5 Å². The third kappa shape index (κ3) is 41.5. The average Bonchev–Trinajstić information content (AvgIpc) is 3.43. The topological polar surface area (TPSA) is 175 Å². The van der Waals surface area contributed by atoms with Crippen LogP contribution >= 0.6 is 0 Å². The van der Waals surface area contributed by atoms with Crippen molar-refractivity contribution in [2.75, 3.05) is 13.2 Å². The zero-order valence-electron chi connectivity index (χ0n) is 49.1. The number of carbonyl (C=O) groups is 2. The molecule has 11 nitrogen and oxygen atoms in total. The molecule has 0 radical (unpaired) electrons. The molecule has 0 saturated carbocycles. The van der Waals surface area contributed by atoms with Crippen LogP contribution in [-0.4, -0.2) is 99.6 Å². The lowest BCUT2D eigenvalue weighted by molar-refractivity contribution is -0.305. The maximum atomic E-state index is 13.4. The van der Waals surface area contributed by atoms with E-state index in [1.807, 2.05) is 12.2 Å². The van der Waals surface area contributed by atoms with Crippen molar-refractivity contribution in [1.29, 1.82) is 0 Å². The van der Waals surface area contributed by atoms with Crippen molar-refractivity contribution in [3.8, 4) is 0 Å². The van der Waals surface area contributed by atoms with Gasteiger partial charge in [0.1, 0.15) is 24.4 Å². The zero-order chi connectivity index (χ0) is 56.1. The fraction of sp³-hybridized carbons (Fsp3) is 0.758. The SMILES string of the molecule is CC/C=C\C/C=C\C/C=C\C/C=C\C/C=C\C/C=C\CCCC(O)C(=O)NC(COC1OC(CO)C(O)C(O)C1OC(=O)CCCCCCCCCCCCCCCCC)C(O)/C=C/CCCCCCCCCCCCC. The van der Waals surface area contributed by atoms with Crippen LogP contribution in [0.2, 0.25) is 0 Å². The normalized spacial score (nSPS) is 19.6. The van der Waals surface area contributed by atoms with Gasteiger partial charge in [0.15, 0.2) is 12.4 Å². The fourth-order valence-electron chi connectivity index (χ4n) is 9.37. The van der Waals surface area contributed by atoms with Crippen LogP contribution in [0.15, 0.2) is 85.1 Å². The van der Waals surface area contributed by atoms with Gasteiger partial charge in [-0.15, -0.1) is 0 Å². The Morgan fingerprint density at radius 3 is 1.39 bits per heavy atom. The van der Waals surface area contributed by atoms with Crippen molar-refractivity contribution < 1.29 is 49.3 Å². The van der Waals surface area contributed by atoms with Gasteiger partial charge in [0.25, 0.3) is 0 Å². The molecule has 0 spiro atoms. The summed E-state index contributed by atoms with van der Waals surface area (Å²) in [4.78, 5) is 26.5. The molecule has 1 fully saturated rings. The summed E-state index contributed by atoms with van der Waals surface area (Å²) >= 11 is 0. The van der Waals surface area contributed by atoms with Crippen LogP contribution in [0.1, 0.15) is 258 Å². The highest BCUT2D eigenvalue weighted by Crippen LogP contribution is 2.26. The molecule has 1 aliphatic rings. The van der Waals surface area contributed by atoms with Gasteiger partial charge in [-0.25, -0.2) is 0 Å². The summed E-state index contributed by atoms with van der Waals surface area (Å²) in [6.45, 7) is 5.65. The van der Waals surface area contributed by atoms with Crippen LogP contribution in [0.3, 0.4) is 0 Å². The molecule has 1 aliphatic heterocycles. The molecule has 11 heteroatoms. The molecule has 0 aliphatic carbocycles.